The SMILES string of the molecule is Cn1cnc(Oc2cc(Cl)nc(C(C)(C)C)n2)n1. The van der Waals surface area contributed by atoms with Gasteiger partial charge in [-0.1, -0.05) is 32.4 Å². The van der Waals surface area contributed by atoms with Gasteiger partial charge in [0.25, 0.3) is 0 Å². The fourth-order valence-corrected chi connectivity index (χ4v) is 1.42. The highest BCUT2D eigenvalue weighted by molar-refractivity contribution is 6.29. The zero-order valence-corrected chi connectivity index (χ0v) is 11.4. The molecule has 0 saturated heterocycles. The Bertz CT molecular complexity index is 561. The van der Waals surface area contributed by atoms with Gasteiger partial charge in [-0.2, -0.15) is 9.97 Å². The molecule has 0 unspecified atom stereocenters. The summed E-state index contributed by atoms with van der Waals surface area (Å²) in [6.45, 7) is 6.00. The van der Waals surface area contributed by atoms with E-state index >= 15 is 0 Å². The molecule has 2 aromatic rings. The van der Waals surface area contributed by atoms with E-state index < -0.39 is 0 Å². The van der Waals surface area contributed by atoms with Crippen LogP contribution in [0.15, 0.2) is 12.4 Å². The third-order valence-electron chi connectivity index (χ3n) is 2.12. The normalized spacial score (nSPS) is 11.6. The molecule has 0 aliphatic rings. The summed E-state index contributed by atoms with van der Waals surface area (Å²) in [5, 5.41) is 4.34. The maximum absolute atomic E-state index is 5.95. The van der Waals surface area contributed by atoms with Gasteiger partial charge in [-0.25, -0.2) is 4.98 Å². The number of rotatable bonds is 2. The Morgan fingerprint density at radius 2 is 2.00 bits per heavy atom. The summed E-state index contributed by atoms with van der Waals surface area (Å²) in [4.78, 5) is 12.4. The molecular weight excluding hydrogens is 254 g/mol. The second-order valence-electron chi connectivity index (χ2n) is 4.91. The molecule has 0 amide bonds. The van der Waals surface area contributed by atoms with Gasteiger partial charge < -0.3 is 4.74 Å². The topological polar surface area (TPSA) is 65.7 Å². The lowest BCUT2D eigenvalue weighted by Gasteiger charge is -2.16. The first kappa shape index (κ1) is 12.8. The second-order valence-corrected chi connectivity index (χ2v) is 5.29. The first-order valence-corrected chi connectivity index (χ1v) is 5.81. The summed E-state index contributed by atoms with van der Waals surface area (Å²) < 4.78 is 6.98. The van der Waals surface area contributed by atoms with Crippen molar-refractivity contribution in [2.24, 2.45) is 7.05 Å². The van der Waals surface area contributed by atoms with E-state index in [2.05, 4.69) is 20.1 Å². The van der Waals surface area contributed by atoms with E-state index in [1.807, 2.05) is 20.8 Å². The van der Waals surface area contributed by atoms with Crippen molar-refractivity contribution in [1.82, 2.24) is 24.7 Å². The Morgan fingerprint density at radius 3 is 2.56 bits per heavy atom. The van der Waals surface area contributed by atoms with Crippen LogP contribution in [0.4, 0.5) is 0 Å². The van der Waals surface area contributed by atoms with E-state index in [0.717, 1.165) is 0 Å². The first-order valence-electron chi connectivity index (χ1n) is 5.43. The molecule has 2 heterocycles. The predicted molar refractivity (Wildman–Crippen MR) is 66.8 cm³/mol. The van der Waals surface area contributed by atoms with Crippen LogP contribution in [0.3, 0.4) is 0 Å². The third-order valence-corrected chi connectivity index (χ3v) is 2.31. The highest BCUT2D eigenvalue weighted by atomic mass is 35.5. The van der Waals surface area contributed by atoms with Crippen LogP contribution in [0.25, 0.3) is 0 Å². The minimum atomic E-state index is -0.208. The van der Waals surface area contributed by atoms with E-state index in [1.54, 1.807) is 18.1 Å². The number of aromatic nitrogens is 5. The van der Waals surface area contributed by atoms with Crippen molar-refractivity contribution in [3.63, 3.8) is 0 Å². The number of hydrogen-bond donors (Lipinski definition) is 0. The lowest BCUT2D eigenvalue weighted by Crippen LogP contribution is -2.16. The van der Waals surface area contributed by atoms with Gasteiger partial charge >= 0.3 is 6.01 Å². The number of nitrogens with zero attached hydrogens (tertiary/aromatic N) is 5. The quantitative estimate of drug-likeness (QED) is 0.782. The number of hydrogen-bond acceptors (Lipinski definition) is 5. The highest BCUT2D eigenvalue weighted by Crippen LogP contribution is 2.24. The van der Waals surface area contributed by atoms with Crippen LogP contribution in [-0.4, -0.2) is 24.7 Å². The molecule has 96 valence electrons. The molecule has 0 spiro atoms. The maximum Gasteiger partial charge on any atom is 0.342 e. The molecule has 0 atom stereocenters. The molecule has 0 saturated carbocycles. The smallest absolute Gasteiger partial charge is 0.342 e. The van der Waals surface area contributed by atoms with Crippen LogP contribution < -0.4 is 4.74 Å². The van der Waals surface area contributed by atoms with Gasteiger partial charge in [0.05, 0.1) is 0 Å². The Labute approximate surface area is 110 Å². The van der Waals surface area contributed by atoms with Crippen molar-refractivity contribution in [2.75, 3.05) is 0 Å². The predicted octanol–water partition coefficient (Wildman–Crippen LogP) is 2.35. The molecule has 0 N–H and O–H groups in total. The minimum Gasteiger partial charge on any atom is -0.404 e. The molecule has 0 aliphatic heterocycles. The zero-order chi connectivity index (χ0) is 13.3. The Balaban J connectivity index is 2.31. The first-order chi connectivity index (χ1) is 8.34. The van der Waals surface area contributed by atoms with E-state index in [-0.39, 0.29) is 11.4 Å². The molecule has 0 aliphatic carbocycles. The Kier molecular flexibility index (Phi) is 3.21. The van der Waals surface area contributed by atoms with Crippen LogP contribution in [0.1, 0.15) is 26.6 Å². The summed E-state index contributed by atoms with van der Waals surface area (Å²) in [7, 11) is 1.76. The molecule has 0 bridgehead atoms. The van der Waals surface area contributed by atoms with Crippen molar-refractivity contribution < 1.29 is 4.74 Å². The fourth-order valence-electron chi connectivity index (χ4n) is 1.24. The zero-order valence-electron chi connectivity index (χ0n) is 10.7. The van der Waals surface area contributed by atoms with Crippen LogP contribution in [0, 0.1) is 0 Å². The minimum absolute atomic E-state index is 0.208. The maximum atomic E-state index is 5.95. The average Bonchev–Trinajstić information content (AvgIpc) is 2.61. The summed E-state index contributed by atoms with van der Waals surface area (Å²) in [5.41, 5.74) is -0.208. The molecule has 0 aromatic carbocycles. The van der Waals surface area contributed by atoms with Gasteiger partial charge in [0.2, 0.25) is 5.88 Å². The largest absolute Gasteiger partial charge is 0.404 e. The van der Waals surface area contributed by atoms with Gasteiger partial charge in [-0.05, 0) is 0 Å². The highest BCUT2D eigenvalue weighted by Gasteiger charge is 2.19. The number of ether oxygens (including phenoxy) is 1. The van der Waals surface area contributed by atoms with Gasteiger partial charge in [0.15, 0.2) is 0 Å². The molecule has 0 fully saturated rings. The average molecular weight is 268 g/mol. The van der Waals surface area contributed by atoms with E-state index in [1.165, 1.54) is 6.07 Å². The second kappa shape index (κ2) is 4.53. The molecule has 2 rings (SSSR count). The lowest BCUT2D eigenvalue weighted by atomic mass is 9.96. The number of halogens is 1. The molecule has 18 heavy (non-hydrogen) atoms. The van der Waals surface area contributed by atoms with Crippen molar-refractivity contribution in [3.05, 3.63) is 23.4 Å². The van der Waals surface area contributed by atoms with Crippen LogP contribution >= 0.6 is 11.6 Å². The molecule has 2 aromatic heterocycles. The fraction of sp³-hybridized carbons (Fsp3) is 0.455. The van der Waals surface area contributed by atoms with Gasteiger partial charge in [-0.3, -0.25) is 4.68 Å². The van der Waals surface area contributed by atoms with E-state index in [4.69, 9.17) is 16.3 Å². The van der Waals surface area contributed by atoms with E-state index in [0.29, 0.717) is 16.9 Å². The van der Waals surface area contributed by atoms with Crippen LogP contribution in [0.5, 0.6) is 11.9 Å². The summed E-state index contributed by atoms with van der Waals surface area (Å²) in [5.74, 6) is 0.951. The summed E-state index contributed by atoms with van der Waals surface area (Å²) in [6.07, 6.45) is 1.54. The lowest BCUT2D eigenvalue weighted by molar-refractivity contribution is 0.412. The Morgan fingerprint density at radius 1 is 1.28 bits per heavy atom. The van der Waals surface area contributed by atoms with Gasteiger partial charge in [-0.15, -0.1) is 5.10 Å². The third kappa shape index (κ3) is 2.95. The summed E-state index contributed by atoms with van der Waals surface area (Å²) in [6, 6.07) is 1.76. The molecular formula is C11H14ClN5O. The van der Waals surface area contributed by atoms with E-state index in [9.17, 15) is 0 Å². The van der Waals surface area contributed by atoms with Gasteiger partial charge in [0, 0.05) is 18.5 Å². The van der Waals surface area contributed by atoms with Crippen molar-refractivity contribution >= 4 is 11.6 Å². The Hall–Kier alpha value is -1.69. The summed E-state index contributed by atoms with van der Waals surface area (Å²) >= 11 is 5.95. The van der Waals surface area contributed by atoms with Crippen LogP contribution in [0.2, 0.25) is 5.15 Å². The van der Waals surface area contributed by atoms with Crippen molar-refractivity contribution in [3.8, 4) is 11.9 Å². The van der Waals surface area contributed by atoms with Gasteiger partial charge in [0.1, 0.15) is 17.3 Å². The monoisotopic (exact) mass is 267 g/mol. The standard InChI is InChI=1S/C11H14ClN5O/c1-11(2,3)9-14-7(12)5-8(15-9)18-10-13-6-17(4)16-10/h5-6H,1-4H3. The van der Waals surface area contributed by atoms with Crippen molar-refractivity contribution in [2.45, 2.75) is 26.2 Å². The number of aryl methyl sites for hydroxylation is 1. The molecule has 7 heteroatoms. The molecule has 6 nitrogen and oxygen atoms in total. The van der Waals surface area contributed by atoms with Crippen LogP contribution in [-0.2, 0) is 12.5 Å². The molecule has 0 radical (unpaired) electrons. The van der Waals surface area contributed by atoms with Crippen molar-refractivity contribution in [1.29, 1.82) is 0 Å².